The summed E-state index contributed by atoms with van der Waals surface area (Å²) in [5, 5.41) is 19.1. The van der Waals surface area contributed by atoms with Crippen LogP contribution in [0.3, 0.4) is 0 Å². The van der Waals surface area contributed by atoms with Crippen LogP contribution >= 0.6 is 0 Å². The van der Waals surface area contributed by atoms with E-state index < -0.39 is 6.10 Å². The van der Waals surface area contributed by atoms with Crippen LogP contribution < -0.4 is 4.74 Å². The molecule has 0 amide bonds. The summed E-state index contributed by atoms with van der Waals surface area (Å²) in [6, 6.07) is 10.3. The van der Waals surface area contributed by atoms with E-state index in [0.29, 0.717) is 36.4 Å². The van der Waals surface area contributed by atoms with E-state index in [1.807, 2.05) is 24.3 Å². The lowest BCUT2D eigenvalue weighted by Crippen LogP contribution is -2.39. The van der Waals surface area contributed by atoms with Crippen molar-refractivity contribution in [3.63, 3.8) is 0 Å². The Morgan fingerprint density at radius 1 is 1.28 bits per heavy atom. The summed E-state index contributed by atoms with van der Waals surface area (Å²) < 4.78 is 5.73. The second-order valence-corrected chi connectivity index (χ2v) is 9.09. The van der Waals surface area contributed by atoms with Crippen molar-refractivity contribution < 1.29 is 9.84 Å². The molecule has 1 aromatic rings. The number of benzene rings is 1. The highest BCUT2D eigenvalue weighted by Crippen LogP contribution is 2.52. The van der Waals surface area contributed by atoms with E-state index in [4.69, 9.17) is 10.00 Å². The van der Waals surface area contributed by atoms with Gasteiger partial charge in [0.1, 0.15) is 18.5 Å². The second-order valence-electron chi connectivity index (χ2n) is 9.09. The second kappa shape index (κ2) is 6.97. The number of aliphatic hydroxyl groups excluding tert-OH is 1. The summed E-state index contributed by atoms with van der Waals surface area (Å²) in [5.74, 6) is 0.744. The molecule has 25 heavy (non-hydrogen) atoms. The Labute approximate surface area is 151 Å². The van der Waals surface area contributed by atoms with Crippen LogP contribution in [0.1, 0.15) is 45.6 Å². The lowest BCUT2D eigenvalue weighted by Gasteiger charge is -2.40. The van der Waals surface area contributed by atoms with E-state index >= 15 is 0 Å². The molecule has 1 aliphatic carbocycles. The van der Waals surface area contributed by atoms with Crippen LogP contribution in [-0.4, -0.2) is 41.8 Å². The maximum absolute atomic E-state index is 10.4. The van der Waals surface area contributed by atoms with Crippen LogP contribution in [0.2, 0.25) is 0 Å². The first-order valence-electron chi connectivity index (χ1n) is 9.29. The van der Waals surface area contributed by atoms with Crippen molar-refractivity contribution in [1.29, 1.82) is 5.26 Å². The van der Waals surface area contributed by atoms with Gasteiger partial charge in [0.2, 0.25) is 0 Å². The zero-order valence-electron chi connectivity index (χ0n) is 15.7. The third kappa shape index (κ3) is 4.54. The first-order chi connectivity index (χ1) is 11.8. The maximum atomic E-state index is 10.4. The molecule has 1 N–H and O–H groups in total. The molecule has 0 spiro atoms. The minimum Gasteiger partial charge on any atom is -0.491 e. The zero-order chi connectivity index (χ0) is 18.1. The van der Waals surface area contributed by atoms with E-state index in [9.17, 15) is 5.11 Å². The standard InChI is InChI=1S/C21H30N2O2/c1-20(2)10-17-11-21(3,14-20)15-23(17)12-18(24)13-25-19-6-4-16(5-7-19)8-9-22/h4-7,17-18,24H,8,10-15H2,1-3H3/t17-,18-,21+/m0/s1. The van der Waals surface area contributed by atoms with Crippen LogP contribution in [0.4, 0.5) is 0 Å². The Morgan fingerprint density at radius 3 is 2.68 bits per heavy atom. The Bertz CT molecular complexity index is 634. The first kappa shape index (κ1) is 18.2. The molecule has 1 heterocycles. The summed E-state index contributed by atoms with van der Waals surface area (Å²) in [6.45, 7) is 9.21. The van der Waals surface area contributed by atoms with Gasteiger partial charge in [0.25, 0.3) is 0 Å². The maximum Gasteiger partial charge on any atom is 0.119 e. The molecule has 1 aliphatic heterocycles. The predicted octanol–water partition coefficient (Wildman–Crippen LogP) is 3.39. The van der Waals surface area contributed by atoms with Gasteiger partial charge in [0.05, 0.1) is 12.5 Å². The van der Waals surface area contributed by atoms with Crippen molar-refractivity contribution in [2.75, 3.05) is 19.7 Å². The number of nitriles is 1. The van der Waals surface area contributed by atoms with Crippen molar-refractivity contribution >= 4 is 0 Å². The van der Waals surface area contributed by atoms with Crippen molar-refractivity contribution in [2.24, 2.45) is 10.8 Å². The van der Waals surface area contributed by atoms with Crippen molar-refractivity contribution in [1.82, 2.24) is 4.90 Å². The van der Waals surface area contributed by atoms with Gasteiger partial charge in [-0.1, -0.05) is 32.9 Å². The Kier molecular flexibility index (Phi) is 5.09. The molecule has 3 rings (SSSR count). The first-order valence-corrected chi connectivity index (χ1v) is 9.29. The molecule has 0 aromatic heterocycles. The lowest BCUT2D eigenvalue weighted by molar-refractivity contribution is 0.0585. The number of fused-ring (bicyclic) bond motifs is 2. The van der Waals surface area contributed by atoms with Gasteiger partial charge in [-0.25, -0.2) is 0 Å². The monoisotopic (exact) mass is 342 g/mol. The van der Waals surface area contributed by atoms with Gasteiger partial charge in [0.15, 0.2) is 0 Å². The van der Waals surface area contributed by atoms with Crippen LogP contribution in [0.15, 0.2) is 24.3 Å². The van der Waals surface area contributed by atoms with Gasteiger partial charge in [-0.3, -0.25) is 4.90 Å². The van der Waals surface area contributed by atoms with Gasteiger partial charge < -0.3 is 9.84 Å². The number of β-amino-alcohol motifs (C(OH)–C–C–N with tert-alkyl or cyclic N) is 1. The molecule has 1 saturated carbocycles. The fourth-order valence-corrected chi connectivity index (χ4v) is 5.10. The van der Waals surface area contributed by atoms with Gasteiger partial charge in [-0.05, 0) is 47.8 Å². The van der Waals surface area contributed by atoms with E-state index in [0.717, 1.165) is 17.9 Å². The van der Waals surface area contributed by atoms with Crippen LogP contribution in [0, 0.1) is 22.2 Å². The number of aliphatic hydroxyl groups is 1. The molecule has 1 aromatic carbocycles. The summed E-state index contributed by atoms with van der Waals surface area (Å²) in [4.78, 5) is 2.47. The molecule has 3 atom stereocenters. The quantitative estimate of drug-likeness (QED) is 0.861. The Balaban J connectivity index is 1.50. The Morgan fingerprint density at radius 2 is 2.00 bits per heavy atom. The van der Waals surface area contributed by atoms with E-state index in [2.05, 4.69) is 31.7 Å². The molecule has 0 radical (unpaired) electrons. The average molecular weight is 342 g/mol. The molecule has 4 heteroatoms. The molecule has 2 aliphatic rings. The van der Waals surface area contributed by atoms with Gasteiger partial charge in [0, 0.05) is 19.1 Å². The summed E-state index contributed by atoms with van der Waals surface area (Å²) in [5.41, 5.74) is 1.78. The molecule has 1 saturated heterocycles. The summed E-state index contributed by atoms with van der Waals surface area (Å²) >= 11 is 0. The van der Waals surface area contributed by atoms with Crippen LogP contribution in [0.5, 0.6) is 5.75 Å². The smallest absolute Gasteiger partial charge is 0.119 e. The van der Waals surface area contributed by atoms with E-state index in [-0.39, 0.29) is 0 Å². The largest absolute Gasteiger partial charge is 0.491 e. The number of hydrogen-bond donors (Lipinski definition) is 1. The highest BCUT2D eigenvalue weighted by Gasteiger charge is 2.49. The number of ether oxygens (including phenoxy) is 1. The molecule has 2 fully saturated rings. The fourth-order valence-electron chi connectivity index (χ4n) is 5.10. The van der Waals surface area contributed by atoms with Crippen LogP contribution in [-0.2, 0) is 6.42 Å². The third-order valence-electron chi connectivity index (χ3n) is 5.62. The molecule has 136 valence electrons. The number of nitrogens with zero attached hydrogens (tertiary/aromatic N) is 2. The highest BCUT2D eigenvalue weighted by molar-refractivity contribution is 5.28. The van der Waals surface area contributed by atoms with Crippen molar-refractivity contribution in [3.05, 3.63) is 29.8 Å². The predicted molar refractivity (Wildman–Crippen MR) is 98.4 cm³/mol. The van der Waals surface area contributed by atoms with Gasteiger partial charge >= 0.3 is 0 Å². The summed E-state index contributed by atoms with van der Waals surface area (Å²) in [6.07, 6.45) is 3.68. The SMILES string of the molecule is CC1(C)C[C@H]2C[C@@](C)(CN2C[C@H](O)COc2ccc(CC#N)cc2)C1. The van der Waals surface area contributed by atoms with E-state index in [1.165, 1.54) is 19.3 Å². The van der Waals surface area contributed by atoms with Gasteiger partial charge in [-0.2, -0.15) is 5.26 Å². The molecular formula is C21H30N2O2. The number of likely N-dealkylation sites (tertiary alicyclic amines) is 1. The minimum atomic E-state index is -0.482. The van der Waals surface area contributed by atoms with Crippen LogP contribution in [0.25, 0.3) is 0 Å². The van der Waals surface area contributed by atoms with E-state index in [1.54, 1.807) is 0 Å². The number of hydrogen-bond acceptors (Lipinski definition) is 4. The highest BCUT2D eigenvalue weighted by atomic mass is 16.5. The lowest BCUT2D eigenvalue weighted by atomic mass is 9.65. The normalized spacial score (nSPS) is 29.2. The minimum absolute atomic E-state index is 0.306. The number of rotatable bonds is 6. The fraction of sp³-hybridized carbons (Fsp3) is 0.667. The third-order valence-corrected chi connectivity index (χ3v) is 5.62. The topological polar surface area (TPSA) is 56.5 Å². The van der Waals surface area contributed by atoms with Crippen molar-refractivity contribution in [3.8, 4) is 11.8 Å². The average Bonchev–Trinajstić information content (AvgIpc) is 2.75. The molecule has 2 bridgehead atoms. The van der Waals surface area contributed by atoms with Gasteiger partial charge in [-0.15, -0.1) is 0 Å². The molecule has 4 nitrogen and oxygen atoms in total. The molecular weight excluding hydrogens is 312 g/mol. The van der Waals surface area contributed by atoms with Crippen molar-refractivity contribution in [2.45, 2.75) is 58.6 Å². The Hall–Kier alpha value is -1.57. The molecule has 0 unspecified atom stereocenters. The zero-order valence-corrected chi connectivity index (χ0v) is 15.7. The summed E-state index contributed by atoms with van der Waals surface area (Å²) in [7, 11) is 0.